The molecule has 41 heavy (non-hydrogen) atoms. The lowest BCUT2D eigenvalue weighted by molar-refractivity contribution is 1.48. The standard InChI is InChI=1S/C39H23NS/c1-2-8-26(9-3-1)39-40-36-21-19-25-16-14-24-15-17-27(22-34(24)37(25)38(36)41-39)28-18-20-33-31-12-5-4-10-29(31)30-11-6-7-13-32(30)35(33)23-28/h1-23H. The maximum Gasteiger partial charge on any atom is 0.124 e. The maximum atomic E-state index is 5.03. The molecule has 1 aromatic heterocycles. The number of thiazole rings is 1. The Kier molecular flexibility index (Phi) is 4.84. The summed E-state index contributed by atoms with van der Waals surface area (Å²) >= 11 is 1.79. The number of benzene rings is 8. The number of hydrogen-bond donors (Lipinski definition) is 0. The molecule has 0 bridgehead atoms. The summed E-state index contributed by atoms with van der Waals surface area (Å²) in [5.41, 5.74) is 4.69. The third-order valence-electron chi connectivity index (χ3n) is 8.45. The first-order valence-corrected chi connectivity index (χ1v) is 14.8. The van der Waals surface area contributed by atoms with Crippen LogP contribution in [0.3, 0.4) is 0 Å². The molecule has 0 radical (unpaired) electrons. The molecule has 0 amide bonds. The van der Waals surface area contributed by atoms with Gasteiger partial charge in [-0.15, -0.1) is 11.3 Å². The smallest absolute Gasteiger partial charge is 0.124 e. The van der Waals surface area contributed by atoms with Gasteiger partial charge in [-0.1, -0.05) is 121 Å². The molecule has 9 rings (SSSR count). The first kappa shape index (κ1) is 22.7. The van der Waals surface area contributed by atoms with Gasteiger partial charge in [0, 0.05) is 10.9 Å². The van der Waals surface area contributed by atoms with Crippen LogP contribution < -0.4 is 0 Å². The molecule has 0 aliphatic carbocycles. The van der Waals surface area contributed by atoms with Crippen molar-refractivity contribution in [1.82, 2.24) is 4.98 Å². The van der Waals surface area contributed by atoms with Crippen LogP contribution in [0.25, 0.3) is 85.8 Å². The molecule has 0 spiro atoms. The molecule has 1 heterocycles. The molecule has 0 aliphatic rings. The molecule has 0 fully saturated rings. The zero-order chi connectivity index (χ0) is 26.9. The second-order valence-electron chi connectivity index (χ2n) is 10.7. The fraction of sp³-hybridized carbons (Fsp3) is 0. The normalized spacial score (nSPS) is 11.9. The quantitative estimate of drug-likeness (QED) is 0.200. The van der Waals surface area contributed by atoms with Crippen molar-refractivity contribution in [2.75, 3.05) is 0 Å². The van der Waals surface area contributed by atoms with Gasteiger partial charge < -0.3 is 0 Å². The lowest BCUT2D eigenvalue weighted by Crippen LogP contribution is -1.86. The monoisotopic (exact) mass is 537 g/mol. The molecule has 0 unspecified atom stereocenters. The van der Waals surface area contributed by atoms with Crippen LogP contribution in [0.2, 0.25) is 0 Å². The summed E-state index contributed by atoms with van der Waals surface area (Å²) in [6.45, 7) is 0. The van der Waals surface area contributed by atoms with Gasteiger partial charge in [-0.2, -0.15) is 0 Å². The zero-order valence-corrected chi connectivity index (χ0v) is 23.0. The first-order chi connectivity index (χ1) is 20.3. The lowest BCUT2D eigenvalue weighted by Gasteiger charge is -2.13. The minimum atomic E-state index is 1.06. The molecule has 2 heteroatoms. The van der Waals surface area contributed by atoms with E-state index >= 15 is 0 Å². The van der Waals surface area contributed by atoms with Crippen molar-refractivity contribution in [2.24, 2.45) is 0 Å². The highest BCUT2D eigenvalue weighted by molar-refractivity contribution is 7.22. The Morgan fingerprint density at radius 3 is 1.66 bits per heavy atom. The van der Waals surface area contributed by atoms with Crippen LogP contribution in [-0.4, -0.2) is 4.98 Å². The van der Waals surface area contributed by atoms with Crippen molar-refractivity contribution >= 4 is 75.4 Å². The number of hydrogen-bond acceptors (Lipinski definition) is 2. The van der Waals surface area contributed by atoms with Gasteiger partial charge in [-0.25, -0.2) is 4.98 Å². The summed E-state index contributed by atoms with van der Waals surface area (Å²) in [6.07, 6.45) is 0. The van der Waals surface area contributed by atoms with Gasteiger partial charge in [0.1, 0.15) is 5.01 Å². The Morgan fingerprint density at radius 2 is 0.927 bits per heavy atom. The van der Waals surface area contributed by atoms with Gasteiger partial charge >= 0.3 is 0 Å². The van der Waals surface area contributed by atoms with Crippen LogP contribution in [0.5, 0.6) is 0 Å². The average molecular weight is 538 g/mol. The number of fused-ring (bicyclic) bond motifs is 11. The van der Waals surface area contributed by atoms with Crippen molar-refractivity contribution in [3.63, 3.8) is 0 Å². The van der Waals surface area contributed by atoms with Crippen LogP contribution >= 0.6 is 11.3 Å². The van der Waals surface area contributed by atoms with Crippen molar-refractivity contribution < 1.29 is 0 Å². The molecule has 0 N–H and O–H groups in total. The fourth-order valence-corrected chi connectivity index (χ4v) is 7.63. The predicted octanol–water partition coefficient (Wildman–Crippen LogP) is 11.4. The molecular formula is C39H23NS. The number of rotatable bonds is 2. The predicted molar refractivity (Wildman–Crippen MR) is 178 cm³/mol. The van der Waals surface area contributed by atoms with E-state index in [0.29, 0.717) is 0 Å². The lowest BCUT2D eigenvalue weighted by atomic mass is 9.91. The van der Waals surface area contributed by atoms with E-state index in [2.05, 4.69) is 140 Å². The molecular weight excluding hydrogens is 515 g/mol. The summed E-state index contributed by atoms with van der Waals surface area (Å²) in [7, 11) is 0. The topological polar surface area (TPSA) is 12.9 Å². The minimum absolute atomic E-state index is 1.06. The fourth-order valence-electron chi connectivity index (χ4n) is 6.49. The van der Waals surface area contributed by atoms with Crippen molar-refractivity contribution in [3.05, 3.63) is 140 Å². The Bertz CT molecular complexity index is 2430. The summed E-state index contributed by atoms with van der Waals surface area (Å²) < 4.78 is 1.25. The third kappa shape index (κ3) is 3.45. The molecule has 190 valence electrons. The van der Waals surface area contributed by atoms with E-state index in [0.717, 1.165) is 10.5 Å². The van der Waals surface area contributed by atoms with Crippen LogP contribution in [-0.2, 0) is 0 Å². The Balaban J connectivity index is 1.30. The van der Waals surface area contributed by atoms with Crippen LogP contribution in [0.15, 0.2) is 140 Å². The van der Waals surface area contributed by atoms with Crippen molar-refractivity contribution in [2.45, 2.75) is 0 Å². The summed E-state index contributed by atoms with van der Waals surface area (Å²) in [4.78, 5) is 5.03. The third-order valence-corrected chi connectivity index (χ3v) is 9.59. The van der Waals surface area contributed by atoms with Gasteiger partial charge in [0.05, 0.1) is 10.2 Å². The highest BCUT2D eigenvalue weighted by Gasteiger charge is 2.14. The van der Waals surface area contributed by atoms with Gasteiger partial charge in [-0.3, -0.25) is 0 Å². The minimum Gasteiger partial charge on any atom is -0.236 e. The van der Waals surface area contributed by atoms with Gasteiger partial charge in [0.2, 0.25) is 0 Å². The van der Waals surface area contributed by atoms with E-state index in [9.17, 15) is 0 Å². The highest BCUT2D eigenvalue weighted by atomic mass is 32.1. The second kappa shape index (κ2) is 8.72. The van der Waals surface area contributed by atoms with E-state index in [1.54, 1.807) is 11.3 Å². The van der Waals surface area contributed by atoms with Crippen molar-refractivity contribution in [1.29, 1.82) is 0 Å². The largest absolute Gasteiger partial charge is 0.236 e. The van der Waals surface area contributed by atoms with Gasteiger partial charge in [0.25, 0.3) is 0 Å². The highest BCUT2D eigenvalue weighted by Crippen LogP contribution is 2.41. The number of nitrogens with zero attached hydrogens (tertiary/aromatic N) is 1. The number of aromatic nitrogens is 1. The second-order valence-corrected chi connectivity index (χ2v) is 11.7. The Morgan fingerprint density at radius 1 is 0.390 bits per heavy atom. The van der Waals surface area contributed by atoms with E-state index in [1.807, 2.05) is 0 Å². The van der Waals surface area contributed by atoms with E-state index in [1.165, 1.54) is 75.3 Å². The van der Waals surface area contributed by atoms with Crippen LogP contribution in [0, 0.1) is 0 Å². The van der Waals surface area contributed by atoms with Gasteiger partial charge in [0.15, 0.2) is 0 Å². The van der Waals surface area contributed by atoms with E-state index < -0.39 is 0 Å². The summed E-state index contributed by atoms with van der Waals surface area (Å²) in [5.74, 6) is 0. The van der Waals surface area contributed by atoms with Crippen molar-refractivity contribution in [3.8, 4) is 21.7 Å². The van der Waals surface area contributed by atoms with Crippen LogP contribution in [0.1, 0.15) is 0 Å². The molecule has 8 aromatic carbocycles. The molecule has 9 aromatic rings. The van der Waals surface area contributed by atoms with E-state index in [4.69, 9.17) is 4.98 Å². The van der Waals surface area contributed by atoms with Crippen LogP contribution in [0.4, 0.5) is 0 Å². The average Bonchev–Trinajstić information content (AvgIpc) is 3.49. The first-order valence-electron chi connectivity index (χ1n) is 14.0. The summed E-state index contributed by atoms with van der Waals surface area (Å²) in [6, 6.07) is 50.8. The Labute approximate surface area is 240 Å². The molecule has 0 saturated carbocycles. The molecule has 0 aliphatic heterocycles. The van der Waals surface area contributed by atoms with E-state index in [-0.39, 0.29) is 0 Å². The molecule has 0 saturated heterocycles. The zero-order valence-electron chi connectivity index (χ0n) is 22.1. The molecule has 1 nitrogen and oxygen atoms in total. The summed E-state index contributed by atoms with van der Waals surface area (Å²) in [5, 5.41) is 13.9. The van der Waals surface area contributed by atoms with Gasteiger partial charge in [-0.05, 0) is 77.8 Å². The SMILES string of the molecule is c1ccc(-c2nc3ccc4ccc5ccc(-c6ccc7c8ccccc8c8ccccc8c7c6)cc5c4c3s2)cc1. The maximum absolute atomic E-state index is 5.03. The Hall–Kier alpha value is -5.05. The molecule has 0 atom stereocenters.